The van der Waals surface area contributed by atoms with Crippen LogP contribution in [0.4, 0.5) is 11.4 Å². The van der Waals surface area contributed by atoms with E-state index in [0.717, 1.165) is 9.13 Å². The number of hydrogen-bond acceptors (Lipinski definition) is 4. The molecule has 7 heteroatoms. The van der Waals surface area contributed by atoms with E-state index >= 15 is 0 Å². The predicted molar refractivity (Wildman–Crippen MR) is 111 cm³/mol. The number of anilines is 2. The zero-order valence-electron chi connectivity index (χ0n) is 14.5. The zero-order chi connectivity index (χ0) is 19.2. The minimum absolute atomic E-state index is 0.139. The summed E-state index contributed by atoms with van der Waals surface area (Å²) in [6.07, 6.45) is 1.43. The average Bonchev–Trinajstić information content (AvgIpc) is 3.18. The van der Waals surface area contributed by atoms with Gasteiger partial charge in [-0.05, 0) is 83.6 Å². The van der Waals surface area contributed by atoms with Crippen molar-refractivity contribution in [1.82, 2.24) is 0 Å². The number of amides is 2. The highest BCUT2D eigenvalue weighted by Crippen LogP contribution is 2.24. The SMILES string of the molecule is Cc1ccc(NC(=O)c2ccco2)c(NC(=O)COc2ccc(I)cc2)c1. The van der Waals surface area contributed by atoms with Gasteiger partial charge in [-0.2, -0.15) is 0 Å². The standard InChI is InChI=1S/C20H17IN2O4/c1-13-4-9-16(23-20(25)18-3-2-10-26-18)17(11-13)22-19(24)12-27-15-7-5-14(21)6-8-15/h2-11H,12H2,1H3,(H,22,24)(H,23,25). The fourth-order valence-corrected chi connectivity index (χ4v) is 2.69. The van der Waals surface area contributed by atoms with E-state index in [9.17, 15) is 9.59 Å². The van der Waals surface area contributed by atoms with Crippen LogP contribution in [0.2, 0.25) is 0 Å². The second kappa shape index (κ2) is 8.72. The van der Waals surface area contributed by atoms with Gasteiger partial charge >= 0.3 is 0 Å². The molecule has 0 bridgehead atoms. The van der Waals surface area contributed by atoms with Crippen LogP contribution in [0.15, 0.2) is 65.3 Å². The number of aryl methyl sites for hydroxylation is 1. The van der Waals surface area contributed by atoms with Gasteiger partial charge in [0.2, 0.25) is 0 Å². The van der Waals surface area contributed by atoms with Crippen LogP contribution in [-0.2, 0) is 4.79 Å². The first kappa shape index (κ1) is 19.0. The molecule has 6 nitrogen and oxygen atoms in total. The van der Waals surface area contributed by atoms with E-state index in [1.807, 2.05) is 25.1 Å². The molecule has 1 heterocycles. The molecular formula is C20H17IN2O4. The number of ether oxygens (including phenoxy) is 1. The van der Waals surface area contributed by atoms with E-state index in [1.54, 1.807) is 36.4 Å². The quantitative estimate of drug-likeness (QED) is 0.515. The van der Waals surface area contributed by atoms with Crippen molar-refractivity contribution in [2.75, 3.05) is 17.2 Å². The molecule has 0 unspecified atom stereocenters. The molecule has 0 saturated heterocycles. The van der Waals surface area contributed by atoms with Crippen LogP contribution in [0.5, 0.6) is 5.75 Å². The van der Waals surface area contributed by atoms with Crippen molar-refractivity contribution in [2.24, 2.45) is 0 Å². The molecule has 0 atom stereocenters. The molecule has 2 amide bonds. The summed E-state index contributed by atoms with van der Waals surface area (Å²) in [5.41, 5.74) is 1.91. The van der Waals surface area contributed by atoms with Crippen molar-refractivity contribution in [3.8, 4) is 5.75 Å². The highest BCUT2D eigenvalue weighted by molar-refractivity contribution is 14.1. The normalized spacial score (nSPS) is 10.3. The number of carbonyl (C=O) groups is 2. The first-order valence-electron chi connectivity index (χ1n) is 8.15. The van der Waals surface area contributed by atoms with E-state index in [4.69, 9.17) is 9.15 Å². The zero-order valence-corrected chi connectivity index (χ0v) is 16.6. The summed E-state index contributed by atoms with van der Waals surface area (Å²) in [5.74, 6) is 0.0817. The van der Waals surface area contributed by atoms with Crippen molar-refractivity contribution in [3.63, 3.8) is 0 Å². The lowest BCUT2D eigenvalue weighted by molar-refractivity contribution is -0.118. The summed E-state index contributed by atoms with van der Waals surface area (Å²) >= 11 is 2.20. The number of rotatable bonds is 6. The number of carbonyl (C=O) groups excluding carboxylic acids is 2. The number of hydrogen-bond donors (Lipinski definition) is 2. The van der Waals surface area contributed by atoms with Crippen LogP contribution < -0.4 is 15.4 Å². The molecule has 3 aromatic rings. The van der Waals surface area contributed by atoms with Crippen LogP contribution in [0, 0.1) is 10.5 Å². The van der Waals surface area contributed by atoms with Crippen molar-refractivity contribution < 1.29 is 18.7 Å². The first-order valence-corrected chi connectivity index (χ1v) is 9.23. The molecule has 0 radical (unpaired) electrons. The lowest BCUT2D eigenvalue weighted by atomic mass is 10.2. The topological polar surface area (TPSA) is 80.6 Å². The monoisotopic (exact) mass is 476 g/mol. The molecule has 0 saturated carbocycles. The Morgan fingerprint density at radius 3 is 2.52 bits per heavy atom. The Bertz CT molecular complexity index is 937. The molecule has 1 aromatic heterocycles. The molecule has 138 valence electrons. The van der Waals surface area contributed by atoms with E-state index in [-0.39, 0.29) is 18.3 Å². The van der Waals surface area contributed by atoms with Crippen LogP contribution in [0.3, 0.4) is 0 Å². The molecule has 0 spiro atoms. The number of furan rings is 1. The molecule has 3 rings (SSSR count). The van der Waals surface area contributed by atoms with Gasteiger partial charge < -0.3 is 19.8 Å². The molecule has 0 aliphatic rings. The summed E-state index contributed by atoms with van der Waals surface area (Å²) in [6.45, 7) is 1.76. The van der Waals surface area contributed by atoms with E-state index in [2.05, 4.69) is 33.2 Å². The van der Waals surface area contributed by atoms with Gasteiger partial charge in [0.15, 0.2) is 12.4 Å². The first-order chi connectivity index (χ1) is 13.0. The Hall–Kier alpha value is -2.81. The summed E-state index contributed by atoms with van der Waals surface area (Å²) < 4.78 is 11.7. The third-order valence-electron chi connectivity index (χ3n) is 3.63. The fourth-order valence-electron chi connectivity index (χ4n) is 2.33. The average molecular weight is 476 g/mol. The van der Waals surface area contributed by atoms with Crippen molar-refractivity contribution in [3.05, 3.63) is 75.8 Å². The number of nitrogens with one attached hydrogen (secondary N) is 2. The summed E-state index contributed by atoms with van der Waals surface area (Å²) in [6, 6.07) is 16.0. The summed E-state index contributed by atoms with van der Waals surface area (Å²) in [7, 11) is 0. The van der Waals surface area contributed by atoms with E-state index < -0.39 is 5.91 Å². The van der Waals surface area contributed by atoms with Gasteiger partial charge in [-0.1, -0.05) is 6.07 Å². The Morgan fingerprint density at radius 2 is 1.81 bits per heavy atom. The van der Waals surface area contributed by atoms with Crippen molar-refractivity contribution in [1.29, 1.82) is 0 Å². The molecule has 27 heavy (non-hydrogen) atoms. The lowest BCUT2D eigenvalue weighted by Gasteiger charge is -2.13. The molecular weight excluding hydrogens is 459 g/mol. The summed E-state index contributed by atoms with van der Waals surface area (Å²) in [4.78, 5) is 24.5. The Kier molecular flexibility index (Phi) is 6.12. The summed E-state index contributed by atoms with van der Waals surface area (Å²) in [5, 5.41) is 5.51. The van der Waals surface area contributed by atoms with Crippen molar-refractivity contribution in [2.45, 2.75) is 6.92 Å². The smallest absolute Gasteiger partial charge is 0.291 e. The lowest BCUT2D eigenvalue weighted by Crippen LogP contribution is -2.21. The Balaban J connectivity index is 1.66. The van der Waals surface area contributed by atoms with Crippen LogP contribution in [-0.4, -0.2) is 18.4 Å². The minimum atomic E-state index is -0.394. The van der Waals surface area contributed by atoms with Crippen LogP contribution >= 0.6 is 22.6 Å². The maximum atomic E-state index is 12.3. The molecule has 2 N–H and O–H groups in total. The highest BCUT2D eigenvalue weighted by Gasteiger charge is 2.13. The van der Waals surface area contributed by atoms with E-state index in [0.29, 0.717) is 17.1 Å². The van der Waals surface area contributed by atoms with Gasteiger partial charge in [0.25, 0.3) is 11.8 Å². The van der Waals surface area contributed by atoms with Gasteiger partial charge in [0.05, 0.1) is 17.6 Å². The predicted octanol–water partition coefficient (Wildman–Crippen LogP) is 4.46. The largest absolute Gasteiger partial charge is 0.484 e. The molecule has 0 fully saturated rings. The Morgan fingerprint density at radius 1 is 1.04 bits per heavy atom. The molecule has 0 aliphatic carbocycles. The van der Waals surface area contributed by atoms with Crippen LogP contribution in [0.25, 0.3) is 0 Å². The van der Waals surface area contributed by atoms with Gasteiger partial charge in [-0.25, -0.2) is 0 Å². The fraction of sp³-hybridized carbons (Fsp3) is 0.100. The van der Waals surface area contributed by atoms with Crippen molar-refractivity contribution >= 4 is 45.8 Å². The highest BCUT2D eigenvalue weighted by atomic mass is 127. The van der Waals surface area contributed by atoms with E-state index in [1.165, 1.54) is 6.26 Å². The maximum Gasteiger partial charge on any atom is 0.291 e. The number of benzene rings is 2. The molecule has 2 aromatic carbocycles. The third-order valence-corrected chi connectivity index (χ3v) is 4.35. The molecule has 0 aliphatic heterocycles. The number of halogens is 1. The van der Waals surface area contributed by atoms with Gasteiger partial charge in [0.1, 0.15) is 5.75 Å². The maximum absolute atomic E-state index is 12.3. The Labute approximate surface area is 170 Å². The van der Waals surface area contributed by atoms with Gasteiger partial charge in [0, 0.05) is 3.57 Å². The third kappa shape index (κ3) is 5.33. The van der Waals surface area contributed by atoms with Gasteiger partial charge in [-0.3, -0.25) is 9.59 Å². The van der Waals surface area contributed by atoms with Crippen LogP contribution in [0.1, 0.15) is 16.1 Å². The second-order valence-corrected chi connectivity index (χ2v) is 7.02. The van der Waals surface area contributed by atoms with Gasteiger partial charge in [-0.15, -0.1) is 0 Å². The minimum Gasteiger partial charge on any atom is -0.484 e. The second-order valence-electron chi connectivity index (χ2n) is 5.77.